The lowest BCUT2D eigenvalue weighted by Crippen LogP contribution is -1.76. The van der Waals surface area contributed by atoms with Gasteiger partial charge in [-0.2, -0.15) is 0 Å². The lowest BCUT2D eigenvalue weighted by atomic mass is 10.2. The van der Waals surface area contributed by atoms with Gasteiger partial charge in [-0.3, -0.25) is 0 Å². The van der Waals surface area contributed by atoms with Gasteiger partial charge in [-0.25, -0.2) is 4.98 Å². The Morgan fingerprint density at radius 1 is 1.27 bits per heavy atom. The van der Waals surface area contributed by atoms with Crippen LogP contribution < -0.4 is 0 Å². The second-order valence-corrected chi connectivity index (χ2v) is 4.45. The number of halogens is 2. The van der Waals surface area contributed by atoms with Crippen molar-refractivity contribution in [2.45, 2.75) is 0 Å². The van der Waals surface area contributed by atoms with E-state index in [1.54, 1.807) is 6.07 Å². The number of nitrogens with zero attached hydrogens (tertiary/aromatic N) is 1. The van der Waals surface area contributed by atoms with E-state index in [-0.39, 0.29) is 0 Å². The molecule has 0 aliphatic heterocycles. The quantitative estimate of drug-likeness (QED) is 0.571. The van der Waals surface area contributed by atoms with Gasteiger partial charge in [-0.15, -0.1) is 0 Å². The molecule has 4 heteroatoms. The average Bonchev–Trinajstić information content (AvgIpc) is 2.54. The maximum absolute atomic E-state index is 5.85. The Bertz CT molecular complexity index is 662. The summed E-state index contributed by atoms with van der Waals surface area (Å²) in [5, 5.41) is 2.44. The van der Waals surface area contributed by atoms with Gasteiger partial charge in [-0.1, -0.05) is 29.8 Å². The molecule has 0 fully saturated rings. The van der Waals surface area contributed by atoms with Crippen LogP contribution in [0.15, 0.2) is 39.2 Å². The van der Waals surface area contributed by atoms with Crippen LogP contribution in [0.2, 0.25) is 5.15 Å². The third-order valence-electron chi connectivity index (χ3n) is 2.27. The molecule has 0 N–H and O–H groups in total. The van der Waals surface area contributed by atoms with Gasteiger partial charge in [0.25, 0.3) is 0 Å². The van der Waals surface area contributed by atoms with Crippen molar-refractivity contribution in [2.24, 2.45) is 0 Å². The summed E-state index contributed by atoms with van der Waals surface area (Å²) in [4.78, 5) is 4.14. The van der Waals surface area contributed by atoms with Crippen LogP contribution in [0, 0.1) is 0 Å². The Labute approximate surface area is 99.0 Å². The van der Waals surface area contributed by atoms with E-state index >= 15 is 0 Å². The van der Waals surface area contributed by atoms with Gasteiger partial charge in [0.15, 0.2) is 0 Å². The van der Waals surface area contributed by atoms with Crippen molar-refractivity contribution in [3.05, 3.63) is 40.0 Å². The third-order valence-corrected chi connectivity index (χ3v) is 3.09. The highest BCUT2D eigenvalue weighted by Gasteiger charge is 2.11. The molecule has 2 heterocycles. The molecule has 0 saturated carbocycles. The number of pyridine rings is 1. The number of hydrogen-bond donors (Lipinski definition) is 0. The zero-order valence-corrected chi connectivity index (χ0v) is 9.84. The Morgan fingerprint density at radius 3 is 2.93 bits per heavy atom. The van der Waals surface area contributed by atoms with E-state index in [4.69, 9.17) is 16.0 Å². The molecule has 0 saturated heterocycles. The van der Waals surface area contributed by atoms with Crippen LogP contribution in [-0.2, 0) is 0 Å². The van der Waals surface area contributed by atoms with Crippen LogP contribution in [0.3, 0.4) is 0 Å². The fraction of sp³-hybridized carbons (Fsp3) is 0. The number of fused-ring (bicyclic) bond motifs is 3. The number of furan rings is 1. The minimum atomic E-state index is 0.424. The van der Waals surface area contributed by atoms with Crippen LogP contribution >= 0.6 is 27.5 Å². The molecular formula is C11H5BrClNO. The molecule has 15 heavy (non-hydrogen) atoms. The summed E-state index contributed by atoms with van der Waals surface area (Å²) < 4.78 is 6.49. The summed E-state index contributed by atoms with van der Waals surface area (Å²) in [6.07, 6.45) is 0. The lowest BCUT2D eigenvalue weighted by Gasteiger charge is -1.93. The van der Waals surface area contributed by atoms with E-state index in [0.717, 1.165) is 20.8 Å². The van der Waals surface area contributed by atoms with Crippen LogP contribution in [-0.4, -0.2) is 4.98 Å². The molecule has 3 rings (SSSR count). The molecule has 2 nitrogen and oxygen atoms in total. The molecule has 2 aromatic heterocycles. The summed E-state index contributed by atoms with van der Waals surface area (Å²) in [6.45, 7) is 0. The van der Waals surface area contributed by atoms with Crippen molar-refractivity contribution in [1.29, 1.82) is 0 Å². The number of aromatic nitrogens is 1. The number of hydrogen-bond acceptors (Lipinski definition) is 2. The topological polar surface area (TPSA) is 26.0 Å². The van der Waals surface area contributed by atoms with Gasteiger partial charge in [-0.05, 0) is 28.1 Å². The highest BCUT2D eigenvalue weighted by Crippen LogP contribution is 2.34. The first-order valence-corrected chi connectivity index (χ1v) is 5.56. The molecule has 0 amide bonds. The molecule has 0 unspecified atom stereocenters. The fourth-order valence-corrected chi connectivity index (χ4v) is 2.57. The SMILES string of the molecule is Clc1cc(Br)c2c(n1)oc1ccccc12. The summed E-state index contributed by atoms with van der Waals surface area (Å²) in [5.41, 5.74) is 1.39. The van der Waals surface area contributed by atoms with Crippen molar-refractivity contribution in [1.82, 2.24) is 4.98 Å². The zero-order valence-electron chi connectivity index (χ0n) is 7.50. The highest BCUT2D eigenvalue weighted by molar-refractivity contribution is 9.10. The molecule has 74 valence electrons. The van der Waals surface area contributed by atoms with E-state index in [9.17, 15) is 0 Å². The standard InChI is InChI=1S/C11H5BrClNO/c12-7-5-9(13)14-11-10(7)6-3-1-2-4-8(6)15-11/h1-5H. The Kier molecular flexibility index (Phi) is 1.97. The molecule has 0 radical (unpaired) electrons. The smallest absolute Gasteiger partial charge is 0.229 e. The first kappa shape index (κ1) is 9.19. The van der Waals surface area contributed by atoms with E-state index < -0.39 is 0 Å². The summed E-state index contributed by atoms with van der Waals surface area (Å²) in [7, 11) is 0. The van der Waals surface area contributed by atoms with Crippen molar-refractivity contribution in [3.63, 3.8) is 0 Å². The van der Waals surface area contributed by atoms with Crippen molar-refractivity contribution < 1.29 is 4.42 Å². The van der Waals surface area contributed by atoms with Crippen molar-refractivity contribution in [2.75, 3.05) is 0 Å². The third kappa shape index (κ3) is 1.34. The number of para-hydroxylation sites is 1. The Hall–Kier alpha value is -1.06. The predicted molar refractivity (Wildman–Crippen MR) is 64.2 cm³/mol. The Balaban J connectivity index is 2.61. The molecular weight excluding hydrogens is 277 g/mol. The van der Waals surface area contributed by atoms with Crippen LogP contribution in [0.1, 0.15) is 0 Å². The molecule has 0 bridgehead atoms. The van der Waals surface area contributed by atoms with E-state index in [0.29, 0.717) is 10.9 Å². The van der Waals surface area contributed by atoms with Gasteiger partial charge in [0.2, 0.25) is 5.71 Å². The van der Waals surface area contributed by atoms with E-state index in [2.05, 4.69) is 20.9 Å². The van der Waals surface area contributed by atoms with Crippen LogP contribution in [0.5, 0.6) is 0 Å². The lowest BCUT2D eigenvalue weighted by molar-refractivity contribution is 0.654. The van der Waals surface area contributed by atoms with Gasteiger partial charge < -0.3 is 4.42 Å². The molecule has 0 spiro atoms. The van der Waals surface area contributed by atoms with Gasteiger partial charge >= 0.3 is 0 Å². The van der Waals surface area contributed by atoms with Crippen molar-refractivity contribution in [3.8, 4) is 0 Å². The second-order valence-electron chi connectivity index (χ2n) is 3.21. The van der Waals surface area contributed by atoms with Crippen LogP contribution in [0.4, 0.5) is 0 Å². The largest absolute Gasteiger partial charge is 0.438 e. The van der Waals surface area contributed by atoms with E-state index in [1.807, 2.05) is 24.3 Å². The molecule has 3 aromatic rings. The predicted octanol–water partition coefficient (Wildman–Crippen LogP) is 4.40. The fourth-order valence-electron chi connectivity index (χ4n) is 1.65. The van der Waals surface area contributed by atoms with Gasteiger partial charge in [0.05, 0.1) is 5.39 Å². The summed E-state index contributed by atoms with van der Waals surface area (Å²) in [6, 6.07) is 9.59. The number of benzene rings is 1. The molecule has 0 atom stereocenters. The minimum absolute atomic E-state index is 0.424. The monoisotopic (exact) mass is 281 g/mol. The van der Waals surface area contributed by atoms with Crippen molar-refractivity contribution >= 4 is 49.6 Å². The molecule has 0 aliphatic rings. The molecule has 0 aliphatic carbocycles. The second kappa shape index (κ2) is 3.22. The summed E-state index contributed by atoms with van der Waals surface area (Å²) >= 11 is 9.31. The first-order chi connectivity index (χ1) is 7.25. The van der Waals surface area contributed by atoms with E-state index in [1.165, 1.54) is 0 Å². The maximum atomic E-state index is 5.85. The Morgan fingerprint density at radius 2 is 2.07 bits per heavy atom. The average molecular weight is 283 g/mol. The molecule has 1 aromatic carbocycles. The van der Waals surface area contributed by atoms with Gasteiger partial charge in [0, 0.05) is 9.86 Å². The highest BCUT2D eigenvalue weighted by atomic mass is 79.9. The normalized spacial score (nSPS) is 11.3. The van der Waals surface area contributed by atoms with Gasteiger partial charge in [0.1, 0.15) is 10.7 Å². The number of rotatable bonds is 0. The minimum Gasteiger partial charge on any atom is -0.438 e. The first-order valence-electron chi connectivity index (χ1n) is 4.39. The maximum Gasteiger partial charge on any atom is 0.229 e. The van der Waals surface area contributed by atoms with Crippen LogP contribution in [0.25, 0.3) is 22.1 Å². The summed E-state index contributed by atoms with van der Waals surface area (Å²) in [5.74, 6) is 0. The zero-order chi connectivity index (χ0) is 10.4.